The summed E-state index contributed by atoms with van der Waals surface area (Å²) in [5.74, 6) is 0. The van der Waals surface area contributed by atoms with Crippen LogP contribution in [0.25, 0.3) is 10.2 Å². The minimum absolute atomic E-state index is 0.134. The van der Waals surface area contributed by atoms with Gasteiger partial charge < -0.3 is 4.98 Å². The monoisotopic (exact) mass is 205 g/mol. The third kappa shape index (κ3) is 1.05. The molecule has 0 amide bonds. The number of aromatic amines is 1. The van der Waals surface area contributed by atoms with E-state index in [1.54, 1.807) is 11.3 Å². The maximum atomic E-state index is 11.7. The van der Waals surface area contributed by atoms with Crippen molar-refractivity contribution in [2.24, 2.45) is 0 Å². The molecule has 2 heterocycles. The Morgan fingerprint density at radius 2 is 2.00 bits per heavy atom. The fraction of sp³-hybridized carbons (Fsp3) is 0.364. The van der Waals surface area contributed by atoms with Gasteiger partial charge in [-0.05, 0) is 42.7 Å². The zero-order valence-corrected chi connectivity index (χ0v) is 8.62. The zero-order chi connectivity index (χ0) is 9.54. The highest BCUT2D eigenvalue weighted by molar-refractivity contribution is 7.16. The number of thiophene rings is 1. The van der Waals surface area contributed by atoms with Crippen LogP contribution in [0.5, 0.6) is 0 Å². The Bertz CT molecular complexity index is 538. The highest BCUT2D eigenvalue weighted by Gasteiger charge is 2.16. The summed E-state index contributed by atoms with van der Waals surface area (Å²) in [6, 6.07) is 2.13. The maximum Gasteiger partial charge on any atom is 0.252 e. The van der Waals surface area contributed by atoms with Gasteiger partial charge in [-0.2, -0.15) is 0 Å². The van der Waals surface area contributed by atoms with Gasteiger partial charge in [0, 0.05) is 10.9 Å². The fourth-order valence-corrected chi connectivity index (χ4v) is 3.09. The lowest BCUT2D eigenvalue weighted by Gasteiger charge is -2.14. The molecule has 1 N–H and O–H groups in total. The van der Waals surface area contributed by atoms with E-state index in [1.807, 2.05) is 0 Å². The van der Waals surface area contributed by atoms with Crippen LogP contribution in [0.15, 0.2) is 16.2 Å². The average molecular weight is 205 g/mol. The molecule has 72 valence electrons. The smallest absolute Gasteiger partial charge is 0.252 e. The van der Waals surface area contributed by atoms with E-state index in [0.29, 0.717) is 0 Å². The van der Waals surface area contributed by atoms with E-state index in [1.165, 1.54) is 17.4 Å². The van der Waals surface area contributed by atoms with Crippen LogP contribution in [0.4, 0.5) is 0 Å². The quantitative estimate of drug-likeness (QED) is 0.704. The molecule has 0 unspecified atom stereocenters. The van der Waals surface area contributed by atoms with Crippen LogP contribution in [-0.4, -0.2) is 4.98 Å². The van der Waals surface area contributed by atoms with Gasteiger partial charge in [-0.25, -0.2) is 0 Å². The molecule has 0 radical (unpaired) electrons. The van der Waals surface area contributed by atoms with Crippen LogP contribution in [-0.2, 0) is 12.8 Å². The molecule has 0 bridgehead atoms. The molecule has 0 spiro atoms. The number of rotatable bonds is 0. The lowest BCUT2D eigenvalue weighted by atomic mass is 9.91. The number of aryl methyl sites for hydroxylation is 1. The molecule has 2 aromatic heterocycles. The first-order chi connectivity index (χ1) is 6.86. The molecule has 0 saturated carbocycles. The van der Waals surface area contributed by atoms with Crippen LogP contribution in [0.2, 0.25) is 0 Å². The first-order valence-corrected chi connectivity index (χ1v) is 5.85. The molecule has 14 heavy (non-hydrogen) atoms. The normalized spacial score (nSPS) is 15.7. The molecule has 0 aromatic carbocycles. The van der Waals surface area contributed by atoms with Gasteiger partial charge >= 0.3 is 0 Å². The summed E-state index contributed by atoms with van der Waals surface area (Å²) in [4.78, 5) is 15.7. The van der Waals surface area contributed by atoms with E-state index in [4.69, 9.17) is 0 Å². The Balaban J connectivity index is 2.45. The fourth-order valence-electron chi connectivity index (χ4n) is 2.28. The van der Waals surface area contributed by atoms with Gasteiger partial charge in [0.15, 0.2) is 0 Å². The SMILES string of the molecule is O=c1[nH]c2sccc2c2c1CCCC2. The zero-order valence-electron chi connectivity index (χ0n) is 7.80. The number of hydrogen-bond donors (Lipinski definition) is 1. The van der Waals surface area contributed by atoms with Crippen LogP contribution in [0.1, 0.15) is 24.0 Å². The Hall–Kier alpha value is -1.09. The first-order valence-electron chi connectivity index (χ1n) is 4.97. The molecule has 1 aliphatic carbocycles. The molecule has 3 rings (SSSR count). The lowest BCUT2D eigenvalue weighted by molar-refractivity contribution is 0.683. The summed E-state index contributed by atoms with van der Waals surface area (Å²) in [6.45, 7) is 0. The average Bonchev–Trinajstić information content (AvgIpc) is 2.66. The molecular formula is C11H11NOS. The van der Waals surface area contributed by atoms with Crippen LogP contribution in [0, 0.1) is 0 Å². The summed E-state index contributed by atoms with van der Waals surface area (Å²) in [5.41, 5.74) is 2.47. The van der Waals surface area contributed by atoms with E-state index in [0.717, 1.165) is 29.7 Å². The summed E-state index contributed by atoms with van der Waals surface area (Å²) in [5, 5.41) is 3.32. The molecular weight excluding hydrogens is 194 g/mol. The van der Waals surface area contributed by atoms with Crippen LogP contribution in [0.3, 0.4) is 0 Å². The van der Waals surface area contributed by atoms with Crippen LogP contribution >= 0.6 is 11.3 Å². The molecule has 0 fully saturated rings. The first kappa shape index (κ1) is 8.24. The lowest BCUT2D eigenvalue weighted by Crippen LogP contribution is -2.18. The molecule has 0 saturated heterocycles. The predicted octanol–water partition coefficient (Wildman–Crippen LogP) is 2.47. The van der Waals surface area contributed by atoms with Crippen molar-refractivity contribution in [3.05, 3.63) is 32.9 Å². The highest BCUT2D eigenvalue weighted by atomic mass is 32.1. The number of H-pyrrole nitrogens is 1. The Morgan fingerprint density at radius 3 is 2.86 bits per heavy atom. The van der Waals surface area contributed by atoms with Crippen molar-refractivity contribution in [2.45, 2.75) is 25.7 Å². The number of pyridine rings is 1. The van der Waals surface area contributed by atoms with Crippen molar-refractivity contribution >= 4 is 21.6 Å². The van der Waals surface area contributed by atoms with Crippen molar-refractivity contribution in [2.75, 3.05) is 0 Å². The van der Waals surface area contributed by atoms with Crippen molar-refractivity contribution in [1.82, 2.24) is 4.98 Å². The van der Waals surface area contributed by atoms with Gasteiger partial charge in [0.25, 0.3) is 5.56 Å². The summed E-state index contributed by atoms with van der Waals surface area (Å²) >= 11 is 1.62. The second-order valence-electron chi connectivity index (χ2n) is 3.78. The van der Waals surface area contributed by atoms with Gasteiger partial charge in [0.05, 0.1) is 0 Å². The standard InChI is InChI=1S/C11H11NOS/c13-10-8-4-2-1-3-7(8)9-5-6-14-11(9)12-10/h5-6H,1-4H2,(H,12,13). The summed E-state index contributed by atoms with van der Waals surface area (Å²) < 4.78 is 0. The molecule has 2 aromatic rings. The second kappa shape index (κ2) is 2.95. The molecule has 2 nitrogen and oxygen atoms in total. The van der Waals surface area contributed by atoms with E-state index in [-0.39, 0.29) is 5.56 Å². The second-order valence-corrected chi connectivity index (χ2v) is 4.70. The van der Waals surface area contributed by atoms with Crippen molar-refractivity contribution in [1.29, 1.82) is 0 Å². The third-order valence-corrected chi connectivity index (χ3v) is 3.79. The van der Waals surface area contributed by atoms with Crippen LogP contribution < -0.4 is 5.56 Å². The van der Waals surface area contributed by atoms with Crippen molar-refractivity contribution in [3.8, 4) is 0 Å². The topological polar surface area (TPSA) is 32.9 Å². The molecule has 0 atom stereocenters. The van der Waals surface area contributed by atoms with E-state index >= 15 is 0 Å². The van der Waals surface area contributed by atoms with E-state index < -0.39 is 0 Å². The summed E-state index contributed by atoms with van der Waals surface area (Å²) in [6.07, 6.45) is 4.41. The van der Waals surface area contributed by atoms with E-state index in [9.17, 15) is 4.79 Å². The molecule has 0 aliphatic heterocycles. The molecule has 1 aliphatic rings. The van der Waals surface area contributed by atoms with Crippen molar-refractivity contribution in [3.63, 3.8) is 0 Å². The van der Waals surface area contributed by atoms with Gasteiger partial charge in [-0.3, -0.25) is 4.79 Å². The van der Waals surface area contributed by atoms with Gasteiger partial charge in [0.1, 0.15) is 4.83 Å². The largest absolute Gasteiger partial charge is 0.313 e. The Kier molecular flexibility index (Phi) is 1.74. The van der Waals surface area contributed by atoms with Gasteiger partial charge in [-0.1, -0.05) is 0 Å². The Morgan fingerprint density at radius 1 is 1.21 bits per heavy atom. The molecule has 3 heteroatoms. The minimum Gasteiger partial charge on any atom is -0.313 e. The number of aromatic nitrogens is 1. The highest BCUT2D eigenvalue weighted by Crippen LogP contribution is 2.27. The number of hydrogen-bond acceptors (Lipinski definition) is 2. The van der Waals surface area contributed by atoms with Gasteiger partial charge in [-0.15, -0.1) is 11.3 Å². The number of fused-ring (bicyclic) bond motifs is 3. The summed E-state index contributed by atoms with van der Waals surface area (Å²) in [7, 11) is 0. The number of nitrogens with one attached hydrogen (secondary N) is 1. The Labute approximate surface area is 85.6 Å². The third-order valence-electron chi connectivity index (χ3n) is 2.96. The minimum atomic E-state index is 0.134. The maximum absolute atomic E-state index is 11.7. The van der Waals surface area contributed by atoms with Crippen molar-refractivity contribution < 1.29 is 0 Å². The van der Waals surface area contributed by atoms with Gasteiger partial charge in [0.2, 0.25) is 0 Å². The van der Waals surface area contributed by atoms with E-state index in [2.05, 4.69) is 16.4 Å². The predicted molar refractivity (Wildman–Crippen MR) is 59.1 cm³/mol.